The standard InChI is InChI=1S/C17H20FNO2/c1-3-20-16-9-4-5-10-17(16)21-12-11-19-15-8-6-7-14(18)13(15)2/h4-10,19H,3,11-12H2,1-2H3. The Morgan fingerprint density at radius 1 is 1.00 bits per heavy atom. The van der Waals surface area contributed by atoms with Crippen molar-refractivity contribution in [1.82, 2.24) is 0 Å². The van der Waals surface area contributed by atoms with Gasteiger partial charge in [0.25, 0.3) is 0 Å². The van der Waals surface area contributed by atoms with Crippen LogP contribution in [0.1, 0.15) is 12.5 Å². The Balaban J connectivity index is 1.86. The Hall–Kier alpha value is -2.23. The molecule has 112 valence electrons. The molecule has 0 aliphatic rings. The summed E-state index contributed by atoms with van der Waals surface area (Å²) in [7, 11) is 0. The van der Waals surface area contributed by atoms with Crippen molar-refractivity contribution in [2.24, 2.45) is 0 Å². The van der Waals surface area contributed by atoms with E-state index >= 15 is 0 Å². The van der Waals surface area contributed by atoms with E-state index in [2.05, 4.69) is 5.32 Å². The summed E-state index contributed by atoms with van der Waals surface area (Å²) >= 11 is 0. The van der Waals surface area contributed by atoms with E-state index in [1.54, 1.807) is 13.0 Å². The minimum atomic E-state index is -0.206. The van der Waals surface area contributed by atoms with Gasteiger partial charge in [0.15, 0.2) is 11.5 Å². The SMILES string of the molecule is CCOc1ccccc1OCCNc1cccc(F)c1C. The lowest BCUT2D eigenvalue weighted by Crippen LogP contribution is -2.13. The maximum atomic E-state index is 13.4. The van der Waals surface area contributed by atoms with Gasteiger partial charge in [0.05, 0.1) is 6.61 Å². The molecule has 0 heterocycles. The highest BCUT2D eigenvalue weighted by Gasteiger charge is 2.04. The molecular formula is C17H20FNO2. The van der Waals surface area contributed by atoms with Crippen LogP contribution < -0.4 is 14.8 Å². The lowest BCUT2D eigenvalue weighted by molar-refractivity contribution is 0.284. The zero-order chi connectivity index (χ0) is 15.1. The zero-order valence-electron chi connectivity index (χ0n) is 12.4. The topological polar surface area (TPSA) is 30.5 Å². The molecule has 3 nitrogen and oxygen atoms in total. The van der Waals surface area contributed by atoms with Crippen LogP contribution in [0.5, 0.6) is 11.5 Å². The smallest absolute Gasteiger partial charge is 0.161 e. The van der Waals surface area contributed by atoms with Crippen molar-refractivity contribution >= 4 is 5.69 Å². The molecule has 0 aliphatic carbocycles. The second-order valence-electron chi connectivity index (χ2n) is 4.57. The number of anilines is 1. The summed E-state index contributed by atoms with van der Waals surface area (Å²) in [4.78, 5) is 0. The van der Waals surface area contributed by atoms with E-state index in [0.29, 0.717) is 25.3 Å². The van der Waals surface area contributed by atoms with Crippen LogP contribution >= 0.6 is 0 Å². The van der Waals surface area contributed by atoms with Crippen LogP contribution in [-0.4, -0.2) is 19.8 Å². The van der Waals surface area contributed by atoms with Gasteiger partial charge in [-0.1, -0.05) is 18.2 Å². The molecule has 2 rings (SSSR count). The Morgan fingerprint density at radius 3 is 2.43 bits per heavy atom. The number of halogens is 1. The first-order chi connectivity index (χ1) is 10.2. The minimum absolute atomic E-state index is 0.206. The van der Waals surface area contributed by atoms with Gasteiger partial charge < -0.3 is 14.8 Å². The summed E-state index contributed by atoms with van der Waals surface area (Å²) < 4.78 is 24.6. The van der Waals surface area contributed by atoms with E-state index in [1.807, 2.05) is 37.3 Å². The van der Waals surface area contributed by atoms with Crippen LogP contribution in [-0.2, 0) is 0 Å². The molecule has 0 radical (unpaired) electrons. The van der Waals surface area contributed by atoms with Crippen LogP contribution in [0.3, 0.4) is 0 Å². The summed E-state index contributed by atoms with van der Waals surface area (Å²) in [6, 6.07) is 12.6. The first-order valence-electron chi connectivity index (χ1n) is 7.06. The van der Waals surface area contributed by atoms with Crippen LogP contribution in [0, 0.1) is 12.7 Å². The zero-order valence-corrected chi connectivity index (χ0v) is 12.4. The largest absolute Gasteiger partial charge is 0.490 e. The first kappa shape index (κ1) is 15.2. The molecule has 0 amide bonds. The van der Waals surface area contributed by atoms with Gasteiger partial charge in [-0.2, -0.15) is 0 Å². The number of benzene rings is 2. The average Bonchev–Trinajstić information content (AvgIpc) is 2.49. The van der Waals surface area contributed by atoms with E-state index in [1.165, 1.54) is 6.07 Å². The van der Waals surface area contributed by atoms with E-state index in [4.69, 9.17) is 9.47 Å². The Kier molecular flexibility index (Phi) is 5.43. The van der Waals surface area contributed by atoms with Crippen molar-refractivity contribution in [2.45, 2.75) is 13.8 Å². The van der Waals surface area contributed by atoms with Crippen molar-refractivity contribution < 1.29 is 13.9 Å². The molecule has 1 N–H and O–H groups in total. The molecular weight excluding hydrogens is 269 g/mol. The van der Waals surface area contributed by atoms with Gasteiger partial charge in [-0.25, -0.2) is 4.39 Å². The lowest BCUT2D eigenvalue weighted by atomic mass is 10.2. The summed E-state index contributed by atoms with van der Waals surface area (Å²) in [5.74, 6) is 1.25. The monoisotopic (exact) mass is 289 g/mol. The third kappa shape index (κ3) is 4.12. The molecule has 2 aromatic rings. The molecule has 21 heavy (non-hydrogen) atoms. The third-order valence-electron chi connectivity index (χ3n) is 3.09. The maximum Gasteiger partial charge on any atom is 0.161 e. The van der Waals surface area contributed by atoms with Gasteiger partial charge in [0.1, 0.15) is 12.4 Å². The van der Waals surface area contributed by atoms with Crippen LogP contribution in [0.25, 0.3) is 0 Å². The van der Waals surface area contributed by atoms with E-state index in [9.17, 15) is 4.39 Å². The van der Waals surface area contributed by atoms with E-state index in [-0.39, 0.29) is 5.82 Å². The molecule has 0 aromatic heterocycles. The lowest BCUT2D eigenvalue weighted by Gasteiger charge is -2.13. The van der Waals surface area contributed by atoms with Gasteiger partial charge in [-0.3, -0.25) is 0 Å². The van der Waals surface area contributed by atoms with Crippen LogP contribution in [0.4, 0.5) is 10.1 Å². The van der Waals surface area contributed by atoms with Gasteiger partial charge in [-0.15, -0.1) is 0 Å². The van der Waals surface area contributed by atoms with Crippen LogP contribution in [0.2, 0.25) is 0 Å². The number of hydrogen-bond acceptors (Lipinski definition) is 3. The second-order valence-corrected chi connectivity index (χ2v) is 4.57. The molecule has 0 atom stereocenters. The summed E-state index contributed by atoms with van der Waals surface area (Å²) in [6.07, 6.45) is 0. The number of hydrogen-bond donors (Lipinski definition) is 1. The predicted octanol–water partition coefficient (Wildman–Crippen LogP) is 4.02. The van der Waals surface area contributed by atoms with Crippen molar-refractivity contribution in [2.75, 3.05) is 25.1 Å². The Bertz CT molecular complexity index is 587. The fourth-order valence-electron chi connectivity index (χ4n) is 1.99. The summed E-state index contributed by atoms with van der Waals surface area (Å²) in [5, 5.41) is 3.17. The molecule has 0 saturated carbocycles. The fraction of sp³-hybridized carbons (Fsp3) is 0.294. The van der Waals surface area contributed by atoms with Crippen molar-refractivity contribution in [1.29, 1.82) is 0 Å². The number of para-hydroxylation sites is 2. The maximum absolute atomic E-state index is 13.4. The van der Waals surface area contributed by atoms with Crippen molar-refractivity contribution in [3.8, 4) is 11.5 Å². The van der Waals surface area contributed by atoms with Gasteiger partial charge >= 0.3 is 0 Å². The molecule has 0 unspecified atom stereocenters. The number of ether oxygens (including phenoxy) is 2. The van der Waals surface area contributed by atoms with Crippen LogP contribution in [0.15, 0.2) is 42.5 Å². The van der Waals surface area contributed by atoms with Crippen molar-refractivity contribution in [3.63, 3.8) is 0 Å². The highest BCUT2D eigenvalue weighted by molar-refractivity contribution is 5.50. The number of rotatable bonds is 7. The minimum Gasteiger partial charge on any atom is -0.490 e. The molecule has 2 aromatic carbocycles. The van der Waals surface area contributed by atoms with E-state index in [0.717, 1.165) is 17.2 Å². The quantitative estimate of drug-likeness (QED) is 0.781. The van der Waals surface area contributed by atoms with Gasteiger partial charge in [-0.05, 0) is 38.1 Å². The summed E-state index contributed by atoms with van der Waals surface area (Å²) in [5.41, 5.74) is 1.41. The van der Waals surface area contributed by atoms with E-state index < -0.39 is 0 Å². The molecule has 0 aliphatic heterocycles. The molecule has 0 spiro atoms. The highest BCUT2D eigenvalue weighted by atomic mass is 19.1. The molecule has 0 saturated heterocycles. The second kappa shape index (κ2) is 7.53. The highest BCUT2D eigenvalue weighted by Crippen LogP contribution is 2.26. The molecule has 0 bridgehead atoms. The molecule has 0 fully saturated rings. The van der Waals surface area contributed by atoms with Crippen molar-refractivity contribution in [3.05, 3.63) is 53.8 Å². The Morgan fingerprint density at radius 2 is 1.71 bits per heavy atom. The van der Waals surface area contributed by atoms with Gasteiger partial charge in [0.2, 0.25) is 0 Å². The number of nitrogens with one attached hydrogen (secondary N) is 1. The summed E-state index contributed by atoms with van der Waals surface area (Å²) in [6.45, 7) is 5.35. The predicted molar refractivity (Wildman–Crippen MR) is 82.7 cm³/mol. The van der Waals surface area contributed by atoms with Gasteiger partial charge in [0, 0.05) is 17.8 Å². The first-order valence-corrected chi connectivity index (χ1v) is 7.06. The third-order valence-corrected chi connectivity index (χ3v) is 3.09. The Labute approximate surface area is 124 Å². The normalized spacial score (nSPS) is 10.2. The molecule has 4 heteroatoms. The fourth-order valence-corrected chi connectivity index (χ4v) is 1.99. The average molecular weight is 289 g/mol.